The smallest absolute Gasteiger partial charge is 0.287 e. The van der Waals surface area contributed by atoms with Crippen molar-refractivity contribution in [2.45, 2.75) is 13.3 Å². The van der Waals surface area contributed by atoms with Gasteiger partial charge < -0.3 is 14.5 Å². The van der Waals surface area contributed by atoms with Crippen molar-refractivity contribution in [3.05, 3.63) is 70.9 Å². The fourth-order valence-corrected chi connectivity index (χ4v) is 3.92. The molecule has 0 radical (unpaired) electrons. The number of methoxy groups -OCH3 is 1. The normalized spacial score (nSPS) is 10.9. The second-order valence-corrected chi connectivity index (χ2v) is 7.29. The molecule has 1 amide bonds. The molecule has 0 aliphatic heterocycles. The molecule has 5 nitrogen and oxygen atoms in total. The first-order valence-corrected chi connectivity index (χ1v) is 9.89. The van der Waals surface area contributed by atoms with Gasteiger partial charge in [0.25, 0.3) is 5.91 Å². The molecule has 0 saturated heterocycles. The molecule has 2 aromatic heterocycles. The quantitative estimate of drug-likeness (QED) is 0.510. The summed E-state index contributed by atoms with van der Waals surface area (Å²) in [5.41, 5.74) is 3.61. The lowest BCUT2D eigenvalue weighted by Gasteiger charge is -2.02. The Labute approximate surface area is 167 Å². The van der Waals surface area contributed by atoms with E-state index in [1.165, 1.54) is 0 Å². The molecule has 6 heteroatoms. The van der Waals surface area contributed by atoms with Gasteiger partial charge in [-0.15, -0.1) is 11.3 Å². The van der Waals surface area contributed by atoms with E-state index < -0.39 is 0 Å². The minimum Gasteiger partial charge on any atom is -0.497 e. The van der Waals surface area contributed by atoms with Gasteiger partial charge in [0.2, 0.25) is 0 Å². The van der Waals surface area contributed by atoms with Crippen LogP contribution in [0.4, 0.5) is 0 Å². The summed E-state index contributed by atoms with van der Waals surface area (Å²) >= 11 is 1.59. The molecule has 0 fully saturated rings. The Morgan fingerprint density at radius 2 is 1.96 bits per heavy atom. The van der Waals surface area contributed by atoms with Crippen LogP contribution in [0.2, 0.25) is 0 Å². The zero-order valence-corrected chi connectivity index (χ0v) is 16.5. The van der Waals surface area contributed by atoms with Gasteiger partial charge in [0, 0.05) is 34.9 Å². The first kappa shape index (κ1) is 18.3. The van der Waals surface area contributed by atoms with Crippen LogP contribution in [0.15, 0.2) is 58.3 Å². The molecule has 0 bridgehead atoms. The van der Waals surface area contributed by atoms with Crippen molar-refractivity contribution >= 4 is 28.2 Å². The Bertz CT molecular complexity index is 1110. The van der Waals surface area contributed by atoms with Crippen LogP contribution in [0.5, 0.6) is 5.75 Å². The number of hydrogen-bond donors (Lipinski definition) is 1. The number of aromatic nitrogens is 1. The van der Waals surface area contributed by atoms with E-state index in [9.17, 15) is 4.79 Å². The highest BCUT2D eigenvalue weighted by Gasteiger charge is 2.17. The van der Waals surface area contributed by atoms with Gasteiger partial charge in [0.1, 0.15) is 16.3 Å². The van der Waals surface area contributed by atoms with Crippen molar-refractivity contribution in [1.29, 1.82) is 0 Å². The number of benzene rings is 2. The monoisotopic (exact) mass is 392 g/mol. The average Bonchev–Trinajstić information content (AvgIpc) is 3.33. The molecule has 0 aliphatic rings. The number of ether oxygens (including phenoxy) is 1. The maximum absolute atomic E-state index is 12.5. The van der Waals surface area contributed by atoms with E-state index in [1.54, 1.807) is 18.4 Å². The molecular formula is C22H20N2O3S. The van der Waals surface area contributed by atoms with Gasteiger partial charge in [-0.1, -0.05) is 18.2 Å². The fraction of sp³-hybridized carbons (Fsp3) is 0.182. The SMILES string of the molecule is COc1ccc(-c2nc(CCNC(=O)c3oc4ccccc4c3C)cs2)cc1. The number of para-hydroxylation sites is 1. The van der Waals surface area contributed by atoms with Crippen LogP contribution < -0.4 is 10.1 Å². The third-order valence-electron chi connectivity index (χ3n) is 4.61. The molecule has 0 aliphatic carbocycles. The van der Waals surface area contributed by atoms with Crippen LogP contribution in [0.1, 0.15) is 21.8 Å². The topological polar surface area (TPSA) is 64.4 Å². The third kappa shape index (κ3) is 3.64. The van der Waals surface area contributed by atoms with Gasteiger partial charge in [0.15, 0.2) is 5.76 Å². The number of fused-ring (bicyclic) bond motifs is 1. The summed E-state index contributed by atoms with van der Waals surface area (Å²) in [4.78, 5) is 17.1. The van der Waals surface area contributed by atoms with E-state index in [0.717, 1.165) is 38.5 Å². The second-order valence-electron chi connectivity index (χ2n) is 6.43. The summed E-state index contributed by atoms with van der Waals surface area (Å²) < 4.78 is 10.9. The van der Waals surface area contributed by atoms with E-state index in [1.807, 2.05) is 60.8 Å². The largest absolute Gasteiger partial charge is 0.497 e. The summed E-state index contributed by atoms with van der Waals surface area (Å²) in [6.45, 7) is 2.41. The third-order valence-corrected chi connectivity index (χ3v) is 5.55. The van der Waals surface area contributed by atoms with E-state index in [4.69, 9.17) is 9.15 Å². The summed E-state index contributed by atoms with van der Waals surface area (Å²) in [6, 6.07) is 15.5. The van der Waals surface area contributed by atoms with Crippen molar-refractivity contribution in [2.24, 2.45) is 0 Å². The second kappa shape index (κ2) is 7.86. The molecule has 1 N–H and O–H groups in total. The maximum atomic E-state index is 12.5. The molecule has 0 spiro atoms. The van der Waals surface area contributed by atoms with Crippen LogP contribution in [-0.4, -0.2) is 24.5 Å². The molecule has 142 valence electrons. The Balaban J connectivity index is 1.37. The van der Waals surface area contributed by atoms with E-state index >= 15 is 0 Å². The molecule has 0 saturated carbocycles. The lowest BCUT2D eigenvalue weighted by molar-refractivity contribution is 0.0927. The number of furan rings is 1. The number of nitrogens with zero attached hydrogens (tertiary/aromatic N) is 1. The lowest BCUT2D eigenvalue weighted by atomic mass is 10.1. The van der Waals surface area contributed by atoms with Crippen LogP contribution in [-0.2, 0) is 6.42 Å². The molecule has 28 heavy (non-hydrogen) atoms. The Hall–Kier alpha value is -3.12. The number of aryl methyl sites for hydroxylation is 1. The standard InChI is InChI=1S/C22H20N2O3S/c1-14-18-5-3-4-6-19(18)27-20(14)21(25)23-12-11-16-13-28-22(24-16)15-7-9-17(26-2)10-8-15/h3-10,13H,11-12H2,1-2H3,(H,23,25). The Kier molecular flexibility index (Phi) is 5.12. The highest BCUT2D eigenvalue weighted by molar-refractivity contribution is 7.13. The number of thiazole rings is 1. The first-order valence-electron chi connectivity index (χ1n) is 9.01. The Morgan fingerprint density at radius 3 is 2.71 bits per heavy atom. The van der Waals surface area contributed by atoms with Crippen molar-refractivity contribution in [1.82, 2.24) is 10.3 Å². The van der Waals surface area contributed by atoms with E-state index in [-0.39, 0.29) is 5.91 Å². The molecule has 2 aromatic carbocycles. The minimum absolute atomic E-state index is 0.195. The summed E-state index contributed by atoms with van der Waals surface area (Å²) in [5.74, 6) is 1.00. The minimum atomic E-state index is -0.195. The van der Waals surface area contributed by atoms with Crippen LogP contribution in [0, 0.1) is 6.92 Å². The molecule has 4 aromatic rings. The van der Waals surface area contributed by atoms with Crippen LogP contribution >= 0.6 is 11.3 Å². The number of carbonyl (C=O) groups is 1. The van der Waals surface area contributed by atoms with Gasteiger partial charge in [-0.25, -0.2) is 4.98 Å². The molecular weight excluding hydrogens is 372 g/mol. The van der Waals surface area contributed by atoms with E-state index in [0.29, 0.717) is 18.7 Å². The van der Waals surface area contributed by atoms with Crippen molar-refractivity contribution in [3.8, 4) is 16.3 Å². The number of carbonyl (C=O) groups excluding carboxylic acids is 1. The molecule has 4 rings (SSSR count). The predicted octanol–water partition coefficient (Wildman–Crippen LogP) is 4.85. The van der Waals surface area contributed by atoms with Gasteiger partial charge >= 0.3 is 0 Å². The van der Waals surface area contributed by atoms with Crippen molar-refractivity contribution in [2.75, 3.05) is 13.7 Å². The number of nitrogens with one attached hydrogen (secondary N) is 1. The summed E-state index contributed by atoms with van der Waals surface area (Å²) in [6.07, 6.45) is 0.664. The number of amides is 1. The van der Waals surface area contributed by atoms with Gasteiger partial charge in [-0.2, -0.15) is 0 Å². The van der Waals surface area contributed by atoms with Crippen LogP contribution in [0.25, 0.3) is 21.5 Å². The summed E-state index contributed by atoms with van der Waals surface area (Å²) in [7, 11) is 1.65. The highest BCUT2D eigenvalue weighted by atomic mass is 32.1. The van der Waals surface area contributed by atoms with Crippen LogP contribution in [0.3, 0.4) is 0 Å². The molecule has 0 atom stereocenters. The highest BCUT2D eigenvalue weighted by Crippen LogP contribution is 2.26. The zero-order chi connectivity index (χ0) is 19.5. The number of hydrogen-bond acceptors (Lipinski definition) is 5. The van der Waals surface area contributed by atoms with E-state index in [2.05, 4.69) is 10.3 Å². The first-order chi connectivity index (χ1) is 13.7. The van der Waals surface area contributed by atoms with Crippen molar-refractivity contribution < 1.29 is 13.9 Å². The van der Waals surface area contributed by atoms with Gasteiger partial charge in [-0.05, 0) is 37.3 Å². The fourth-order valence-electron chi connectivity index (χ4n) is 3.06. The predicted molar refractivity (Wildman–Crippen MR) is 111 cm³/mol. The lowest BCUT2D eigenvalue weighted by Crippen LogP contribution is -2.25. The number of rotatable bonds is 6. The average molecular weight is 392 g/mol. The van der Waals surface area contributed by atoms with Gasteiger partial charge in [0.05, 0.1) is 12.8 Å². The van der Waals surface area contributed by atoms with Crippen molar-refractivity contribution in [3.63, 3.8) is 0 Å². The molecule has 2 heterocycles. The van der Waals surface area contributed by atoms with Gasteiger partial charge in [-0.3, -0.25) is 4.79 Å². The molecule has 0 unspecified atom stereocenters. The maximum Gasteiger partial charge on any atom is 0.287 e. The Morgan fingerprint density at radius 1 is 1.18 bits per heavy atom. The summed E-state index contributed by atoms with van der Waals surface area (Å²) in [5, 5.41) is 6.88. The zero-order valence-electron chi connectivity index (χ0n) is 15.7.